The van der Waals surface area contributed by atoms with Gasteiger partial charge in [0.05, 0.1) is 12.7 Å². The van der Waals surface area contributed by atoms with Crippen LogP contribution in [0, 0.1) is 0 Å². The standard InChI is InChI=1S/C16H33N3O/c1-3-8-17-15-4-6-16(7-5-15)20-14-13-19-11-9-18(2)10-12-19/h15-17H,3-14H2,1-2H3. The molecule has 2 rings (SSSR count). The SMILES string of the molecule is CCCNC1CCC(OCCN2CCN(C)CC2)CC1. The molecule has 0 aromatic carbocycles. The topological polar surface area (TPSA) is 27.7 Å². The van der Waals surface area contributed by atoms with Gasteiger partial charge in [-0.05, 0) is 45.7 Å². The van der Waals surface area contributed by atoms with Gasteiger partial charge < -0.3 is 15.0 Å². The lowest BCUT2D eigenvalue weighted by Crippen LogP contribution is -2.45. The molecule has 0 unspecified atom stereocenters. The summed E-state index contributed by atoms with van der Waals surface area (Å²) in [5.74, 6) is 0. The molecule has 20 heavy (non-hydrogen) atoms. The Balaban J connectivity index is 1.50. The number of ether oxygens (including phenoxy) is 1. The maximum atomic E-state index is 6.08. The Hall–Kier alpha value is -0.160. The monoisotopic (exact) mass is 283 g/mol. The van der Waals surface area contributed by atoms with Gasteiger partial charge >= 0.3 is 0 Å². The molecule has 0 bridgehead atoms. The normalized spacial score (nSPS) is 29.7. The Morgan fingerprint density at radius 2 is 1.75 bits per heavy atom. The highest BCUT2D eigenvalue weighted by atomic mass is 16.5. The summed E-state index contributed by atoms with van der Waals surface area (Å²) in [4.78, 5) is 4.94. The smallest absolute Gasteiger partial charge is 0.0597 e. The summed E-state index contributed by atoms with van der Waals surface area (Å²) in [6, 6.07) is 0.743. The molecule has 0 aromatic rings. The van der Waals surface area contributed by atoms with Gasteiger partial charge in [-0.2, -0.15) is 0 Å². The molecule has 2 aliphatic rings. The summed E-state index contributed by atoms with van der Waals surface area (Å²) in [5, 5.41) is 3.64. The van der Waals surface area contributed by atoms with Crippen LogP contribution in [0.5, 0.6) is 0 Å². The van der Waals surface area contributed by atoms with Crippen molar-refractivity contribution < 1.29 is 4.74 Å². The van der Waals surface area contributed by atoms with E-state index in [-0.39, 0.29) is 0 Å². The third-order valence-corrected chi connectivity index (χ3v) is 4.71. The summed E-state index contributed by atoms with van der Waals surface area (Å²) >= 11 is 0. The summed E-state index contributed by atoms with van der Waals surface area (Å²) in [5.41, 5.74) is 0. The van der Waals surface area contributed by atoms with Crippen molar-refractivity contribution in [1.29, 1.82) is 0 Å². The number of nitrogens with zero attached hydrogens (tertiary/aromatic N) is 2. The highest BCUT2D eigenvalue weighted by molar-refractivity contribution is 4.77. The lowest BCUT2D eigenvalue weighted by atomic mass is 9.93. The largest absolute Gasteiger partial charge is 0.377 e. The van der Waals surface area contributed by atoms with Crippen LogP contribution in [0.3, 0.4) is 0 Å². The van der Waals surface area contributed by atoms with Crippen LogP contribution >= 0.6 is 0 Å². The van der Waals surface area contributed by atoms with Crippen molar-refractivity contribution in [3.05, 3.63) is 0 Å². The summed E-state index contributed by atoms with van der Waals surface area (Å²) < 4.78 is 6.08. The second kappa shape index (κ2) is 8.98. The van der Waals surface area contributed by atoms with E-state index in [1.165, 1.54) is 64.8 Å². The van der Waals surface area contributed by atoms with Crippen LogP contribution in [0.25, 0.3) is 0 Å². The fourth-order valence-corrected chi connectivity index (χ4v) is 3.20. The number of likely N-dealkylation sites (N-methyl/N-ethyl adjacent to an activating group) is 1. The van der Waals surface area contributed by atoms with Crippen molar-refractivity contribution in [2.75, 3.05) is 52.9 Å². The molecule has 1 saturated carbocycles. The third kappa shape index (κ3) is 5.68. The van der Waals surface area contributed by atoms with E-state index in [0.717, 1.165) is 19.2 Å². The van der Waals surface area contributed by atoms with Crippen molar-refractivity contribution >= 4 is 0 Å². The first kappa shape index (κ1) is 16.2. The highest BCUT2D eigenvalue weighted by Crippen LogP contribution is 2.21. The van der Waals surface area contributed by atoms with Crippen molar-refractivity contribution in [3.63, 3.8) is 0 Å². The molecule has 1 aliphatic heterocycles. The molecular formula is C16H33N3O. The minimum absolute atomic E-state index is 0.516. The molecular weight excluding hydrogens is 250 g/mol. The van der Waals surface area contributed by atoms with E-state index in [1.807, 2.05) is 0 Å². The molecule has 4 heteroatoms. The zero-order valence-corrected chi connectivity index (χ0v) is 13.4. The fraction of sp³-hybridized carbons (Fsp3) is 1.00. The second-order valence-corrected chi connectivity index (χ2v) is 6.44. The average molecular weight is 283 g/mol. The van der Waals surface area contributed by atoms with Gasteiger partial charge in [0.2, 0.25) is 0 Å². The van der Waals surface area contributed by atoms with Crippen molar-refractivity contribution in [1.82, 2.24) is 15.1 Å². The first-order chi connectivity index (χ1) is 9.78. The van der Waals surface area contributed by atoms with Crippen molar-refractivity contribution in [2.24, 2.45) is 0 Å². The molecule has 2 fully saturated rings. The number of nitrogens with one attached hydrogen (secondary N) is 1. The lowest BCUT2D eigenvalue weighted by molar-refractivity contribution is 0.00611. The maximum absolute atomic E-state index is 6.08. The van der Waals surface area contributed by atoms with Gasteiger partial charge in [-0.3, -0.25) is 4.90 Å². The molecule has 4 nitrogen and oxygen atoms in total. The van der Waals surface area contributed by atoms with Crippen LogP contribution in [0.4, 0.5) is 0 Å². The molecule has 0 aromatic heterocycles. The lowest BCUT2D eigenvalue weighted by Gasteiger charge is -2.33. The minimum atomic E-state index is 0.516. The summed E-state index contributed by atoms with van der Waals surface area (Å²) in [6.45, 7) is 10.2. The van der Waals surface area contributed by atoms with Crippen LogP contribution < -0.4 is 5.32 Å². The summed E-state index contributed by atoms with van der Waals surface area (Å²) in [7, 11) is 2.21. The van der Waals surface area contributed by atoms with Gasteiger partial charge in [0.15, 0.2) is 0 Å². The van der Waals surface area contributed by atoms with Crippen molar-refractivity contribution in [2.45, 2.75) is 51.2 Å². The van der Waals surface area contributed by atoms with E-state index < -0.39 is 0 Å². The minimum Gasteiger partial charge on any atom is -0.377 e. The van der Waals surface area contributed by atoms with Gasteiger partial charge in [0, 0.05) is 38.8 Å². The maximum Gasteiger partial charge on any atom is 0.0597 e. The van der Waals surface area contributed by atoms with E-state index in [9.17, 15) is 0 Å². The Morgan fingerprint density at radius 1 is 1.05 bits per heavy atom. The first-order valence-corrected chi connectivity index (χ1v) is 8.54. The molecule has 1 N–H and O–H groups in total. The zero-order valence-electron chi connectivity index (χ0n) is 13.4. The van der Waals surface area contributed by atoms with E-state index in [4.69, 9.17) is 4.74 Å². The fourth-order valence-electron chi connectivity index (χ4n) is 3.20. The predicted molar refractivity (Wildman–Crippen MR) is 84.2 cm³/mol. The van der Waals surface area contributed by atoms with Crippen molar-refractivity contribution in [3.8, 4) is 0 Å². The van der Waals surface area contributed by atoms with Gasteiger partial charge in [-0.25, -0.2) is 0 Å². The number of rotatable bonds is 7. The summed E-state index contributed by atoms with van der Waals surface area (Å²) in [6.07, 6.45) is 6.82. The number of hydrogen-bond donors (Lipinski definition) is 1. The number of piperazine rings is 1. The molecule has 1 saturated heterocycles. The third-order valence-electron chi connectivity index (χ3n) is 4.71. The Morgan fingerprint density at radius 3 is 2.40 bits per heavy atom. The van der Waals surface area contributed by atoms with Gasteiger partial charge in [-0.15, -0.1) is 0 Å². The van der Waals surface area contributed by atoms with E-state index >= 15 is 0 Å². The molecule has 1 heterocycles. The molecule has 0 radical (unpaired) electrons. The molecule has 1 aliphatic carbocycles. The molecule has 0 spiro atoms. The quantitative estimate of drug-likeness (QED) is 0.767. The van der Waals surface area contributed by atoms with Crippen LogP contribution in [0.2, 0.25) is 0 Å². The van der Waals surface area contributed by atoms with Gasteiger partial charge in [-0.1, -0.05) is 6.92 Å². The molecule has 118 valence electrons. The first-order valence-electron chi connectivity index (χ1n) is 8.54. The predicted octanol–water partition coefficient (Wildman–Crippen LogP) is 1.56. The zero-order chi connectivity index (χ0) is 14.2. The Kier molecular flexibility index (Phi) is 7.28. The molecule has 0 atom stereocenters. The molecule has 0 amide bonds. The Bertz CT molecular complexity index is 246. The van der Waals surface area contributed by atoms with Gasteiger partial charge in [0.1, 0.15) is 0 Å². The Labute approximate surface area is 124 Å². The highest BCUT2D eigenvalue weighted by Gasteiger charge is 2.21. The van der Waals surface area contributed by atoms with Gasteiger partial charge in [0.25, 0.3) is 0 Å². The van der Waals surface area contributed by atoms with Crippen LogP contribution in [0.15, 0.2) is 0 Å². The van der Waals surface area contributed by atoms with E-state index in [1.54, 1.807) is 0 Å². The average Bonchev–Trinajstić information content (AvgIpc) is 2.48. The van der Waals surface area contributed by atoms with Crippen LogP contribution in [-0.4, -0.2) is 74.9 Å². The number of hydrogen-bond acceptors (Lipinski definition) is 4. The van der Waals surface area contributed by atoms with E-state index in [0.29, 0.717) is 6.10 Å². The second-order valence-electron chi connectivity index (χ2n) is 6.44. The van der Waals surface area contributed by atoms with Crippen LogP contribution in [-0.2, 0) is 4.74 Å². The van der Waals surface area contributed by atoms with Crippen LogP contribution in [0.1, 0.15) is 39.0 Å². The van der Waals surface area contributed by atoms with E-state index in [2.05, 4.69) is 29.1 Å².